The van der Waals surface area contributed by atoms with Gasteiger partial charge in [-0.25, -0.2) is 23.5 Å². The maximum Gasteiger partial charge on any atom is 0.412 e. The SMILES string of the molecule is CC(C)(C)OC(=O)Nc1c(Cl)ncnc1-c1cc(F)ccc1F. The summed E-state index contributed by atoms with van der Waals surface area (Å²) in [6.45, 7) is 5.05. The highest BCUT2D eigenvalue weighted by Crippen LogP contribution is 2.32. The standard InChI is InChI=1S/C15H14ClF2N3O2/c1-15(2,3)23-14(22)21-12-11(19-7-20-13(12)16)9-6-8(17)4-5-10(9)18/h4-7H,1-3H3,(H,21,22). The van der Waals surface area contributed by atoms with Crippen LogP contribution in [0.15, 0.2) is 24.5 Å². The molecule has 0 aliphatic carbocycles. The molecule has 0 atom stereocenters. The largest absolute Gasteiger partial charge is 0.444 e. The zero-order chi connectivity index (χ0) is 17.2. The first kappa shape index (κ1) is 17.1. The summed E-state index contributed by atoms with van der Waals surface area (Å²) in [6, 6.07) is 2.88. The van der Waals surface area contributed by atoms with Crippen LogP contribution in [-0.2, 0) is 4.74 Å². The molecule has 0 saturated heterocycles. The molecule has 2 aromatic rings. The Labute approximate surface area is 136 Å². The molecule has 0 aliphatic heterocycles. The molecule has 0 spiro atoms. The van der Waals surface area contributed by atoms with Gasteiger partial charge in [0.25, 0.3) is 0 Å². The summed E-state index contributed by atoms with van der Waals surface area (Å²) in [5.41, 5.74) is -1.00. The number of carbonyl (C=O) groups excluding carboxylic acids is 1. The number of anilines is 1. The van der Waals surface area contributed by atoms with Gasteiger partial charge in [0.1, 0.15) is 34.9 Å². The van der Waals surface area contributed by atoms with Crippen LogP contribution in [0.2, 0.25) is 5.15 Å². The van der Waals surface area contributed by atoms with E-state index >= 15 is 0 Å². The molecular weight excluding hydrogens is 328 g/mol. The van der Waals surface area contributed by atoms with Crippen LogP contribution in [-0.4, -0.2) is 21.7 Å². The third-order valence-electron chi connectivity index (χ3n) is 2.61. The van der Waals surface area contributed by atoms with E-state index in [1.165, 1.54) is 0 Å². The molecule has 8 heteroatoms. The van der Waals surface area contributed by atoms with Crippen molar-refractivity contribution in [2.24, 2.45) is 0 Å². The van der Waals surface area contributed by atoms with E-state index in [4.69, 9.17) is 16.3 Å². The first-order valence-corrected chi connectivity index (χ1v) is 7.01. The van der Waals surface area contributed by atoms with Gasteiger partial charge in [0.15, 0.2) is 5.15 Å². The molecule has 1 N–H and O–H groups in total. The number of amides is 1. The smallest absolute Gasteiger partial charge is 0.412 e. The lowest BCUT2D eigenvalue weighted by Gasteiger charge is -2.20. The van der Waals surface area contributed by atoms with E-state index in [1.54, 1.807) is 20.8 Å². The van der Waals surface area contributed by atoms with Gasteiger partial charge < -0.3 is 4.74 Å². The van der Waals surface area contributed by atoms with Crippen molar-refractivity contribution >= 4 is 23.4 Å². The lowest BCUT2D eigenvalue weighted by Crippen LogP contribution is -2.27. The Morgan fingerprint density at radius 2 is 1.96 bits per heavy atom. The number of carbonyl (C=O) groups is 1. The van der Waals surface area contributed by atoms with Crippen LogP contribution in [0, 0.1) is 11.6 Å². The molecule has 1 aromatic carbocycles. The average Bonchev–Trinajstić information content (AvgIpc) is 2.42. The fraction of sp³-hybridized carbons (Fsp3) is 0.267. The van der Waals surface area contributed by atoms with Crippen LogP contribution >= 0.6 is 11.6 Å². The van der Waals surface area contributed by atoms with Crippen molar-refractivity contribution in [2.45, 2.75) is 26.4 Å². The Kier molecular flexibility index (Phi) is 4.79. The van der Waals surface area contributed by atoms with Crippen molar-refractivity contribution in [1.82, 2.24) is 9.97 Å². The van der Waals surface area contributed by atoms with Crippen molar-refractivity contribution in [3.8, 4) is 11.3 Å². The van der Waals surface area contributed by atoms with E-state index in [9.17, 15) is 13.6 Å². The second-order valence-electron chi connectivity index (χ2n) is 5.64. The molecule has 0 saturated carbocycles. The van der Waals surface area contributed by atoms with E-state index in [0.29, 0.717) is 0 Å². The molecule has 0 aliphatic rings. The zero-order valence-electron chi connectivity index (χ0n) is 12.7. The molecule has 1 amide bonds. The number of aromatic nitrogens is 2. The van der Waals surface area contributed by atoms with Crippen LogP contribution in [0.4, 0.5) is 19.3 Å². The Morgan fingerprint density at radius 3 is 2.61 bits per heavy atom. The number of benzene rings is 1. The highest BCUT2D eigenvalue weighted by molar-refractivity contribution is 6.33. The molecule has 1 aromatic heterocycles. The maximum absolute atomic E-state index is 14.0. The van der Waals surface area contributed by atoms with Crippen molar-refractivity contribution in [3.63, 3.8) is 0 Å². The van der Waals surface area contributed by atoms with Gasteiger partial charge in [0.05, 0.1) is 0 Å². The van der Waals surface area contributed by atoms with Gasteiger partial charge in [-0.05, 0) is 39.0 Å². The summed E-state index contributed by atoms with van der Waals surface area (Å²) < 4.78 is 32.5. The summed E-state index contributed by atoms with van der Waals surface area (Å²) in [4.78, 5) is 19.5. The Morgan fingerprint density at radius 1 is 1.26 bits per heavy atom. The average molecular weight is 342 g/mol. The van der Waals surface area contributed by atoms with E-state index in [2.05, 4.69) is 15.3 Å². The van der Waals surface area contributed by atoms with E-state index in [1.807, 2.05) is 0 Å². The van der Waals surface area contributed by atoms with Crippen molar-refractivity contribution in [3.05, 3.63) is 41.3 Å². The second-order valence-corrected chi connectivity index (χ2v) is 6.00. The molecule has 1 heterocycles. The molecular formula is C15H14ClF2N3O2. The number of nitrogens with zero attached hydrogens (tertiary/aromatic N) is 2. The predicted molar refractivity (Wildman–Crippen MR) is 82.3 cm³/mol. The topological polar surface area (TPSA) is 64.1 Å². The second kappa shape index (κ2) is 6.45. The van der Waals surface area contributed by atoms with E-state index in [0.717, 1.165) is 24.5 Å². The van der Waals surface area contributed by atoms with Crippen LogP contribution in [0.25, 0.3) is 11.3 Å². The third-order valence-corrected chi connectivity index (χ3v) is 2.90. The maximum atomic E-state index is 14.0. The molecule has 0 radical (unpaired) electrons. The minimum absolute atomic E-state index is 0.0483. The van der Waals surface area contributed by atoms with Crippen LogP contribution in [0.5, 0.6) is 0 Å². The monoisotopic (exact) mass is 341 g/mol. The summed E-state index contributed by atoms with van der Waals surface area (Å²) in [5, 5.41) is 2.25. The number of hydrogen-bond acceptors (Lipinski definition) is 4. The number of ether oxygens (including phenoxy) is 1. The Bertz CT molecular complexity index is 748. The Balaban J connectivity index is 2.45. The Hall–Kier alpha value is -2.28. The number of nitrogens with one attached hydrogen (secondary N) is 1. The minimum Gasteiger partial charge on any atom is -0.444 e. The first-order valence-electron chi connectivity index (χ1n) is 6.63. The van der Waals surface area contributed by atoms with Crippen molar-refractivity contribution in [1.29, 1.82) is 0 Å². The van der Waals surface area contributed by atoms with E-state index < -0.39 is 23.3 Å². The molecule has 0 fully saturated rings. The fourth-order valence-electron chi connectivity index (χ4n) is 1.76. The molecule has 122 valence electrons. The van der Waals surface area contributed by atoms with Crippen molar-refractivity contribution in [2.75, 3.05) is 5.32 Å². The number of halogens is 3. The number of rotatable bonds is 2. The van der Waals surface area contributed by atoms with Crippen LogP contribution < -0.4 is 5.32 Å². The quantitative estimate of drug-likeness (QED) is 0.821. The fourth-order valence-corrected chi connectivity index (χ4v) is 1.94. The van der Waals surface area contributed by atoms with E-state index in [-0.39, 0.29) is 22.1 Å². The minimum atomic E-state index is -0.813. The molecule has 5 nitrogen and oxygen atoms in total. The lowest BCUT2D eigenvalue weighted by atomic mass is 10.1. The van der Waals surface area contributed by atoms with Gasteiger partial charge in [0.2, 0.25) is 0 Å². The molecule has 0 bridgehead atoms. The van der Waals surface area contributed by atoms with Gasteiger partial charge in [-0.15, -0.1) is 0 Å². The zero-order valence-corrected chi connectivity index (χ0v) is 13.4. The van der Waals surface area contributed by atoms with Gasteiger partial charge >= 0.3 is 6.09 Å². The van der Waals surface area contributed by atoms with Gasteiger partial charge in [-0.1, -0.05) is 11.6 Å². The van der Waals surface area contributed by atoms with Crippen LogP contribution in [0.3, 0.4) is 0 Å². The summed E-state index contributed by atoms with van der Waals surface area (Å²) in [6.07, 6.45) is 0.273. The van der Waals surface area contributed by atoms with Gasteiger partial charge in [-0.2, -0.15) is 0 Å². The highest BCUT2D eigenvalue weighted by atomic mass is 35.5. The summed E-state index contributed by atoms with van der Waals surface area (Å²) in [7, 11) is 0. The molecule has 2 rings (SSSR count). The van der Waals surface area contributed by atoms with Gasteiger partial charge in [-0.3, -0.25) is 5.32 Å². The summed E-state index contributed by atoms with van der Waals surface area (Å²) in [5.74, 6) is -1.37. The number of hydrogen-bond donors (Lipinski definition) is 1. The highest BCUT2D eigenvalue weighted by Gasteiger charge is 2.21. The van der Waals surface area contributed by atoms with Gasteiger partial charge in [0, 0.05) is 5.56 Å². The normalized spacial score (nSPS) is 11.2. The first-order chi connectivity index (χ1) is 10.7. The van der Waals surface area contributed by atoms with Crippen molar-refractivity contribution < 1.29 is 18.3 Å². The summed E-state index contributed by atoms with van der Waals surface area (Å²) >= 11 is 5.95. The van der Waals surface area contributed by atoms with Crippen LogP contribution in [0.1, 0.15) is 20.8 Å². The third kappa shape index (κ3) is 4.35. The molecule has 0 unspecified atom stereocenters. The molecule has 23 heavy (non-hydrogen) atoms. The lowest BCUT2D eigenvalue weighted by molar-refractivity contribution is 0.0636. The predicted octanol–water partition coefficient (Wildman–Crippen LogP) is 4.42.